The maximum absolute atomic E-state index is 13.0. The minimum absolute atomic E-state index is 0.0946. The lowest BCUT2D eigenvalue weighted by molar-refractivity contribution is 0.102. The maximum Gasteiger partial charge on any atom is 0.267 e. The van der Waals surface area contributed by atoms with Gasteiger partial charge in [0.25, 0.3) is 15.9 Å². The molecular formula is C26H30ClN5O4S. The molecule has 9 nitrogen and oxygen atoms in total. The summed E-state index contributed by atoms with van der Waals surface area (Å²) in [7, 11) is -2.73. The van der Waals surface area contributed by atoms with Crippen LogP contribution in [0.2, 0.25) is 5.02 Å². The highest BCUT2D eigenvalue weighted by atomic mass is 35.5. The van der Waals surface area contributed by atoms with Crippen molar-refractivity contribution in [3.63, 3.8) is 0 Å². The van der Waals surface area contributed by atoms with Crippen molar-refractivity contribution in [3.8, 4) is 5.88 Å². The first-order valence-corrected chi connectivity index (χ1v) is 13.9. The maximum atomic E-state index is 13.0. The van der Waals surface area contributed by atoms with Crippen molar-refractivity contribution in [1.29, 1.82) is 0 Å². The van der Waals surface area contributed by atoms with Crippen molar-refractivity contribution < 1.29 is 17.9 Å². The van der Waals surface area contributed by atoms with Crippen LogP contribution in [0.5, 0.6) is 5.88 Å². The van der Waals surface area contributed by atoms with Crippen molar-refractivity contribution in [2.75, 3.05) is 54.8 Å². The zero-order valence-corrected chi connectivity index (χ0v) is 22.3. The zero-order valence-electron chi connectivity index (χ0n) is 20.8. The summed E-state index contributed by atoms with van der Waals surface area (Å²) in [5, 5.41) is 3.21. The molecule has 2 N–H and O–H groups in total. The average molecular weight is 544 g/mol. The number of carbonyl (C=O) groups is 1. The molecule has 0 spiro atoms. The fourth-order valence-electron chi connectivity index (χ4n) is 4.15. The van der Waals surface area contributed by atoms with E-state index in [1.807, 2.05) is 12.1 Å². The summed E-state index contributed by atoms with van der Waals surface area (Å²) in [4.78, 5) is 21.5. The molecule has 0 atom stereocenters. The number of anilines is 3. The van der Waals surface area contributed by atoms with Crippen LogP contribution in [-0.2, 0) is 10.0 Å². The van der Waals surface area contributed by atoms with E-state index in [4.69, 9.17) is 16.3 Å². The number of piperazine rings is 1. The topological polar surface area (TPSA) is 104 Å². The second kappa shape index (κ2) is 11.8. The van der Waals surface area contributed by atoms with Gasteiger partial charge in [0.05, 0.1) is 19.0 Å². The number of pyridine rings is 1. The van der Waals surface area contributed by atoms with Gasteiger partial charge in [0.15, 0.2) is 4.90 Å². The summed E-state index contributed by atoms with van der Waals surface area (Å²) in [5.41, 5.74) is 2.07. The largest absolute Gasteiger partial charge is 0.480 e. The lowest BCUT2D eigenvalue weighted by Crippen LogP contribution is -2.46. The summed E-state index contributed by atoms with van der Waals surface area (Å²) in [6.45, 7) is 7.26. The van der Waals surface area contributed by atoms with Gasteiger partial charge in [-0.2, -0.15) is 0 Å². The van der Waals surface area contributed by atoms with E-state index in [1.165, 1.54) is 19.4 Å². The van der Waals surface area contributed by atoms with Gasteiger partial charge in [-0.15, -0.1) is 0 Å². The van der Waals surface area contributed by atoms with Crippen LogP contribution in [0.1, 0.15) is 23.7 Å². The van der Waals surface area contributed by atoms with Gasteiger partial charge >= 0.3 is 0 Å². The number of amides is 1. The number of ether oxygens (including phenoxy) is 1. The number of rotatable bonds is 9. The van der Waals surface area contributed by atoms with E-state index in [0.29, 0.717) is 16.3 Å². The standard InChI is InChI=1S/C26H30ClN5O4S/c1-3-12-31-13-15-32(16-14-31)23-10-4-19(5-11-23)25(33)29-22-17-24(26(36-2)28-18-22)37(34,35)30-21-8-6-20(27)7-9-21/h4-11,17-18,30H,3,12-16H2,1-2H3,(H,29,33). The van der Waals surface area contributed by atoms with Gasteiger partial charge in [-0.1, -0.05) is 18.5 Å². The number of carbonyl (C=O) groups excluding carboxylic acids is 1. The third-order valence-corrected chi connectivity index (χ3v) is 7.69. The van der Waals surface area contributed by atoms with Crippen molar-refractivity contribution >= 4 is 44.6 Å². The molecule has 37 heavy (non-hydrogen) atoms. The Morgan fingerprint density at radius 1 is 1.03 bits per heavy atom. The molecule has 196 valence electrons. The fourth-order valence-corrected chi connectivity index (χ4v) is 5.48. The molecular weight excluding hydrogens is 514 g/mol. The monoisotopic (exact) mass is 543 g/mol. The SMILES string of the molecule is CCCN1CCN(c2ccc(C(=O)Nc3cnc(OC)c(S(=O)(=O)Nc4ccc(Cl)cc4)c3)cc2)CC1. The van der Waals surface area contributed by atoms with E-state index in [-0.39, 0.29) is 22.4 Å². The number of nitrogens with one attached hydrogen (secondary N) is 2. The predicted octanol–water partition coefficient (Wildman–Crippen LogP) is 4.33. The molecule has 0 radical (unpaired) electrons. The Kier molecular flexibility index (Phi) is 8.52. The molecule has 4 rings (SSSR count). The van der Waals surface area contributed by atoms with E-state index in [1.54, 1.807) is 36.4 Å². The van der Waals surface area contributed by atoms with E-state index in [9.17, 15) is 13.2 Å². The Morgan fingerprint density at radius 3 is 2.32 bits per heavy atom. The second-order valence-electron chi connectivity index (χ2n) is 8.67. The van der Waals surface area contributed by atoms with Crippen LogP contribution >= 0.6 is 11.6 Å². The Balaban J connectivity index is 1.45. The number of methoxy groups -OCH3 is 1. The van der Waals surface area contributed by atoms with Crippen LogP contribution in [0.15, 0.2) is 65.7 Å². The van der Waals surface area contributed by atoms with Crippen LogP contribution in [-0.4, -0.2) is 64.0 Å². The third kappa shape index (κ3) is 6.71. The smallest absolute Gasteiger partial charge is 0.267 e. The van der Waals surface area contributed by atoms with Crippen molar-refractivity contribution in [2.45, 2.75) is 18.2 Å². The van der Waals surface area contributed by atoms with Gasteiger partial charge < -0.3 is 15.0 Å². The van der Waals surface area contributed by atoms with E-state index in [0.717, 1.165) is 44.8 Å². The third-order valence-electron chi connectivity index (χ3n) is 6.06. The first kappa shape index (κ1) is 26.7. The minimum Gasteiger partial charge on any atom is -0.480 e. The van der Waals surface area contributed by atoms with E-state index < -0.39 is 10.0 Å². The number of benzene rings is 2. The first-order chi connectivity index (χ1) is 17.8. The van der Waals surface area contributed by atoms with Crippen molar-refractivity contribution in [1.82, 2.24) is 9.88 Å². The highest BCUT2D eigenvalue weighted by molar-refractivity contribution is 7.92. The number of aromatic nitrogens is 1. The summed E-state index contributed by atoms with van der Waals surface area (Å²) >= 11 is 5.88. The highest BCUT2D eigenvalue weighted by Gasteiger charge is 2.23. The molecule has 3 aromatic rings. The molecule has 1 amide bonds. The highest BCUT2D eigenvalue weighted by Crippen LogP contribution is 2.27. The summed E-state index contributed by atoms with van der Waals surface area (Å²) in [6, 6.07) is 14.9. The summed E-state index contributed by atoms with van der Waals surface area (Å²) in [6.07, 6.45) is 2.50. The number of hydrogen-bond donors (Lipinski definition) is 2. The summed E-state index contributed by atoms with van der Waals surface area (Å²) < 4.78 is 33.7. The van der Waals surface area contributed by atoms with E-state index in [2.05, 4.69) is 31.7 Å². The Bertz CT molecular complexity index is 1330. The molecule has 1 saturated heterocycles. The second-order valence-corrected chi connectivity index (χ2v) is 10.8. The molecule has 1 aliphatic rings. The lowest BCUT2D eigenvalue weighted by atomic mass is 10.1. The van der Waals surface area contributed by atoms with Crippen LogP contribution in [0.3, 0.4) is 0 Å². The average Bonchev–Trinajstić information content (AvgIpc) is 2.90. The van der Waals surface area contributed by atoms with Gasteiger partial charge in [-0.3, -0.25) is 14.4 Å². The lowest BCUT2D eigenvalue weighted by Gasteiger charge is -2.36. The first-order valence-electron chi connectivity index (χ1n) is 12.0. The molecule has 1 fully saturated rings. The molecule has 0 saturated carbocycles. The molecule has 1 aliphatic heterocycles. The molecule has 2 heterocycles. The fraction of sp³-hybridized carbons (Fsp3) is 0.308. The number of nitrogens with zero attached hydrogens (tertiary/aromatic N) is 3. The Hall–Kier alpha value is -3.34. The van der Waals surface area contributed by atoms with Gasteiger partial charge in [-0.05, 0) is 67.6 Å². The quantitative estimate of drug-likeness (QED) is 0.414. The van der Waals surface area contributed by atoms with Gasteiger partial charge in [-0.25, -0.2) is 13.4 Å². The van der Waals surface area contributed by atoms with Crippen molar-refractivity contribution in [2.24, 2.45) is 0 Å². The molecule has 11 heteroatoms. The number of hydrogen-bond acceptors (Lipinski definition) is 7. The van der Waals surface area contributed by atoms with Crippen LogP contribution in [0.4, 0.5) is 17.1 Å². The normalized spacial score (nSPS) is 14.3. The number of sulfonamides is 1. The molecule has 0 unspecified atom stereocenters. The summed E-state index contributed by atoms with van der Waals surface area (Å²) in [5.74, 6) is -0.469. The zero-order chi connectivity index (χ0) is 26.4. The minimum atomic E-state index is -4.06. The predicted molar refractivity (Wildman–Crippen MR) is 146 cm³/mol. The number of halogens is 1. The Labute approximate surface area is 222 Å². The van der Waals surface area contributed by atoms with Gasteiger partial charge in [0, 0.05) is 48.1 Å². The van der Waals surface area contributed by atoms with Crippen LogP contribution in [0.25, 0.3) is 0 Å². The van der Waals surface area contributed by atoms with Crippen molar-refractivity contribution in [3.05, 3.63) is 71.4 Å². The van der Waals surface area contributed by atoms with Gasteiger partial charge in [0.1, 0.15) is 0 Å². The molecule has 0 aliphatic carbocycles. The van der Waals surface area contributed by atoms with Crippen LogP contribution < -0.4 is 19.7 Å². The Morgan fingerprint density at radius 2 is 1.70 bits per heavy atom. The van der Waals surface area contributed by atoms with Crippen LogP contribution in [0, 0.1) is 0 Å². The van der Waals surface area contributed by atoms with E-state index >= 15 is 0 Å². The molecule has 1 aromatic heterocycles. The molecule has 2 aromatic carbocycles. The van der Waals surface area contributed by atoms with Gasteiger partial charge in [0.2, 0.25) is 5.88 Å². The molecule has 0 bridgehead atoms.